The standard InChI is InChI=1S/C84H52N4O2P2/c89-91(61-31-9-3-10-32-61)79-45-55(53-23-21-29-59(43-53)87-73-41-19-15-37-65(73)69-49-75-67(51-77(69)87)63-35-13-17-39-71(63)85(75)57-25-5-1-6-26-57)46-80-83(79)84-81(91)47-56(48-82(84)92(80,90)62-33-11-4-12-34-62)54-24-22-30-60(44-54)88-74-42-20-16-38-66(74)70-50-76-68(52-78(70)88)64-36-14-18-40-72(64)86(76)58-27-7-2-8-28-58/h1-52H. The number of hydrogen-bond donors (Lipinski definition) is 0. The first kappa shape index (κ1) is 51.6. The molecular formula is C84H52N4O2P2. The van der Waals surface area contributed by atoms with E-state index in [4.69, 9.17) is 0 Å². The molecule has 0 atom stereocenters. The van der Waals surface area contributed by atoms with E-state index >= 15 is 9.13 Å². The molecule has 2 aliphatic heterocycles. The largest absolute Gasteiger partial charge is 0.309 e. The van der Waals surface area contributed by atoms with Crippen molar-refractivity contribution < 1.29 is 9.13 Å². The van der Waals surface area contributed by atoms with Crippen molar-refractivity contribution >= 4 is 133 Å². The van der Waals surface area contributed by atoms with Crippen LogP contribution in [-0.2, 0) is 9.13 Å². The fourth-order valence-corrected chi connectivity index (χ4v) is 22.4. The normalized spacial score (nSPS) is 13.7. The Labute approximate surface area is 529 Å². The predicted molar refractivity (Wildman–Crippen MR) is 386 cm³/mol. The maximum absolute atomic E-state index is 17.3. The van der Waals surface area contributed by atoms with Crippen LogP contribution in [0.3, 0.4) is 0 Å². The van der Waals surface area contributed by atoms with E-state index in [9.17, 15) is 0 Å². The summed E-state index contributed by atoms with van der Waals surface area (Å²) in [5.74, 6) is 0. The molecule has 14 aromatic carbocycles. The van der Waals surface area contributed by atoms with Gasteiger partial charge in [-0.3, -0.25) is 0 Å². The Morgan fingerprint density at radius 1 is 0.196 bits per heavy atom. The molecule has 18 aromatic rings. The first-order valence-corrected chi connectivity index (χ1v) is 34.8. The van der Waals surface area contributed by atoms with Crippen LogP contribution in [0.2, 0.25) is 0 Å². The Morgan fingerprint density at radius 3 is 0.772 bits per heavy atom. The summed E-state index contributed by atoms with van der Waals surface area (Å²) >= 11 is 0. The van der Waals surface area contributed by atoms with E-state index in [1.807, 2.05) is 60.7 Å². The Hall–Kier alpha value is -11.3. The van der Waals surface area contributed by atoms with E-state index < -0.39 is 14.3 Å². The summed E-state index contributed by atoms with van der Waals surface area (Å²) in [7, 11) is -7.29. The second-order valence-electron chi connectivity index (χ2n) is 24.6. The molecule has 6 heterocycles. The van der Waals surface area contributed by atoms with E-state index in [0.717, 1.165) is 154 Å². The van der Waals surface area contributed by atoms with Gasteiger partial charge in [-0.05, 0) is 144 Å². The molecule has 0 fully saturated rings. The summed E-state index contributed by atoms with van der Waals surface area (Å²) in [6, 6.07) is 112. The number of nitrogens with zero attached hydrogens (tertiary/aromatic N) is 4. The molecule has 4 aromatic heterocycles. The molecule has 430 valence electrons. The van der Waals surface area contributed by atoms with Gasteiger partial charge < -0.3 is 27.4 Å². The highest BCUT2D eigenvalue weighted by atomic mass is 31.2. The number of fused-ring (bicyclic) bond motifs is 12. The van der Waals surface area contributed by atoms with E-state index in [0.29, 0.717) is 0 Å². The van der Waals surface area contributed by atoms with E-state index in [1.165, 1.54) is 21.5 Å². The fraction of sp³-hybridized carbons (Fsp3) is 0. The van der Waals surface area contributed by atoms with Gasteiger partial charge in [0, 0.05) is 109 Å². The van der Waals surface area contributed by atoms with Crippen LogP contribution in [-0.4, -0.2) is 18.3 Å². The van der Waals surface area contributed by atoms with Crippen molar-refractivity contribution in [3.63, 3.8) is 0 Å². The van der Waals surface area contributed by atoms with Gasteiger partial charge in [-0.1, -0.05) is 194 Å². The summed E-state index contributed by atoms with van der Waals surface area (Å²) in [6.45, 7) is 0. The Kier molecular flexibility index (Phi) is 10.7. The zero-order chi connectivity index (χ0) is 60.6. The second kappa shape index (κ2) is 19.1. The Balaban J connectivity index is 0.776. The monoisotopic (exact) mass is 1210 g/mol. The fourth-order valence-electron chi connectivity index (χ4n) is 15.9. The third-order valence-electron chi connectivity index (χ3n) is 19.9. The lowest BCUT2D eigenvalue weighted by atomic mass is 9.97. The van der Waals surface area contributed by atoms with Gasteiger partial charge in [0.15, 0.2) is 14.3 Å². The number of rotatable bonds is 8. The molecule has 20 rings (SSSR count). The summed E-state index contributed by atoms with van der Waals surface area (Å²) in [6.07, 6.45) is 0. The van der Waals surface area contributed by atoms with Gasteiger partial charge in [-0.2, -0.15) is 0 Å². The van der Waals surface area contributed by atoms with E-state index in [1.54, 1.807) is 0 Å². The molecule has 8 heteroatoms. The van der Waals surface area contributed by atoms with Crippen molar-refractivity contribution in [3.8, 4) is 56.1 Å². The van der Waals surface area contributed by atoms with Crippen molar-refractivity contribution in [2.45, 2.75) is 0 Å². The zero-order valence-corrected chi connectivity index (χ0v) is 51.3. The van der Waals surface area contributed by atoms with Crippen LogP contribution in [0, 0.1) is 0 Å². The molecule has 0 radical (unpaired) electrons. The van der Waals surface area contributed by atoms with Crippen molar-refractivity contribution in [3.05, 3.63) is 315 Å². The van der Waals surface area contributed by atoms with Gasteiger partial charge in [0.1, 0.15) is 0 Å². The molecule has 6 nitrogen and oxygen atoms in total. The topological polar surface area (TPSA) is 53.9 Å². The van der Waals surface area contributed by atoms with Crippen LogP contribution < -0.4 is 31.8 Å². The van der Waals surface area contributed by atoms with Crippen molar-refractivity contribution in [1.82, 2.24) is 18.3 Å². The number of para-hydroxylation sites is 6. The van der Waals surface area contributed by atoms with Crippen molar-refractivity contribution in [2.75, 3.05) is 0 Å². The molecule has 0 spiro atoms. The molecule has 2 aliphatic rings. The molecule has 92 heavy (non-hydrogen) atoms. The number of hydrogen-bond acceptors (Lipinski definition) is 2. The highest BCUT2D eigenvalue weighted by molar-refractivity contribution is 7.90. The van der Waals surface area contributed by atoms with Gasteiger partial charge in [-0.15, -0.1) is 0 Å². The quantitative estimate of drug-likeness (QED) is 0.142. The lowest BCUT2D eigenvalue weighted by Crippen LogP contribution is -2.28. The Bertz CT molecular complexity index is 5870. The summed E-state index contributed by atoms with van der Waals surface area (Å²) in [5.41, 5.74) is 18.6. The molecule has 0 bridgehead atoms. The van der Waals surface area contributed by atoms with E-state index in [-0.39, 0.29) is 0 Å². The highest BCUT2D eigenvalue weighted by Gasteiger charge is 2.52. The van der Waals surface area contributed by atoms with Crippen LogP contribution >= 0.6 is 14.3 Å². The molecule has 0 amide bonds. The van der Waals surface area contributed by atoms with Crippen LogP contribution in [0.15, 0.2) is 315 Å². The Morgan fingerprint density at radius 2 is 0.457 bits per heavy atom. The predicted octanol–water partition coefficient (Wildman–Crippen LogP) is 19.0. The number of benzene rings is 14. The van der Waals surface area contributed by atoms with Gasteiger partial charge in [0.25, 0.3) is 0 Å². The van der Waals surface area contributed by atoms with Crippen LogP contribution in [0.1, 0.15) is 0 Å². The average molecular weight is 1210 g/mol. The third-order valence-corrected chi connectivity index (χ3v) is 26.1. The summed E-state index contributed by atoms with van der Waals surface area (Å²) < 4.78 is 44.2. The molecule has 0 saturated carbocycles. The minimum absolute atomic E-state index is 0.733. The van der Waals surface area contributed by atoms with Crippen molar-refractivity contribution in [1.29, 1.82) is 0 Å². The van der Waals surface area contributed by atoms with Crippen LogP contribution in [0.25, 0.3) is 143 Å². The average Bonchev–Trinajstić information content (AvgIpc) is 1.50. The summed E-state index contributed by atoms with van der Waals surface area (Å²) in [5, 5.41) is 13.8. The number of aromatic nitrogens is 4. The smallest absolute Gasteiger partial charge is 0.172 e. The zero-order valence-electron chi connectivity index (χ0n) is 49.5. The lowest BCUT2D eigenvalue weighted by molar-refractivity contribution is 0.592. The van der Waals surface area contributed by atoms with Gasteiger partial charge in [0.2, 0.25) is 0 Å². The van der Waals surface area contributed by atoms with Gasteiger partial charge in [-0.25, -0.2) is 0 Å². The maximum Gasteiger partial charge on any atom is 0.172 e. The molecule has 0 aliphatic carbocycles. The summed E-state index contributed by atoms with van der Waals surface area (Å²) in [4.78, 5) is 0. The molecule has 0 saturated heterocycles. The SMILES string of the molecule is O=P1(c2ccccc2)c2cc(-c3cccc(-n4c5ccccc5c5cc6c(cc54)c4ccccc4n6-c4ccccc4)c3)cc3c2-c2c1cc(-c1cccc(-n4c5ccccc5c5cc6c(cc54)c4ccccc4n6-c4ccccc4)c1)cc2P3(=O)c1ccccc1. The first-order valence-electron chi connectivity index (χ1n) is 31.4. The molecular weight excluding hydrogens is 1160 g/mol. The first-order chi connectivity index (χ1) is 45.4. The minimum atomic E-state index is -3.65. The molecule has 0 N–H and O–H groups in total. The maximum atomic E-state index is 17.3. The van der Waals surface area contributed by atoms with Crippen LogP contribution in [0.4, 0.5) is 0 Å². The lowest BCUT2D eigenvalue weighted by Gasteiger charge is -2.24. The van der Waals surface area contributed by atoms with Gasteiger partial charge >= 0.3 is 0 Å². The third kappa shape index (κ3) is 7.00. The minimum Gasteiger partial charge on any atom is -0.309 e. The van der Waals surface area contributed by atoms with Crippen molar-refractivity contribution in [2.24, 2.45) is 0 Å². The van der Waals surface area contributed by atoms with Crippen LogP contribution in [0.5, 0.6) is 0 Å². The second-order valence-corrected chi connectivity index (χ2v) is 30.0. The van der Waals surface area contributed by atoms with Gasteiger partial charge in [0.05, 0.1) is 44.1 Å². The highest BCUT2D eigenvalue weighted by Crippen LogP contribution is 2.62. The molecule has 0 unspecified atom stereocenters. The van der Waals surface area contributed by atoms with E-state index in [2.05, 4.69) is 273 Å².